The summed E-state index contributed by atoms with van der Waals surface area (Å²) in [4.78, 5) is 26.7. The largest absolute Gasteiger partial charge is 0.494 e. The van der Waals surface area contributed by atoms with E-state index in [1.54, 1.807) is 0 Å². The second-order valence-electron chi connectivity index (χ2n) is 8.47. The molecule has 31 heavy (non-hydrogen) atoms. The van der Waals surface area contributed by atoms with Crippen molar-refractivity contribution in [2.24, 2.45) is 0 Å². The maximum Gasteiger partial charge on any atom is 0.222 e. The summed E-state index contributed by atoms with van der Waals surface area (Å²) >= 11 is 0. The molecule has 2 aromatic carbocycles. The molecule has 2 amide bonds. The van der Waals surface area contributed by atoms with Crippen molar-refractivity contribution < 1.29 is 14.3 Å². The molecule has 0 spiro atoms. The number of likely N-dealkylation sites (tertiary alicyclic amines) is 1. The molecule has 0 radical (unpaired) electrons. The Morgan fingerprint density at radius 2 is 1.55 bits per heavy atom. The van der Waals surface area contributed by atoms with Gasteiger partial charge in [-0.15, -0.1) is 0 Å². The second-order valence-corrected chi connectivity index (χ2v) is 8.47. The maximum atomic E-state index is 12.5. The van der Waals surface area contributed by atoms with Crippen LogP contribution in [0.2, 0.25) is 0 Å². The summed E-state index contributed by atoms with van der Waals surface area (Å²) in [6.07, 6.45) is 4.11. The van der Waals surface area contributed by atoms with Gasteiger partial charge in [-0.2, -0.15) is 0 Å². The van der Waals surface area contributed by atoms with Crippen LogP contribution in [-0.4, -0.2) is 42.5 Å². The van der Waals surface area contributed by atoms with Gasteiger partial charge < -0.3 is 15.0 Å². The first-order valence-corrected chi connectivity index (χ1v) is 11.3. The standard InChI is InChI=1S/C26H34N2O3/c1-20-5-9-22(10-6-20)11-14-26(30)28-17-15-23(16-18-28)27-25(29)4-3-19-31-24-12-7-21(2)8-13-24/h5-10,12-13,23H,3-4,11,14-19H2,1-2H3,(H,27,29). The zero-order chi connectivity index (χ0) is 22.1. The van der Waals surface area contributed by atoms with Gasteiger partial charge in [0.1, 0.15) is 5.75 Å². The van der Waals surface area contributed by atoms with E-state index in [4.69, 9.17) is 4.74 Å². The minimum Gasteiger partial charge on any atom is -0.494 e. The van der Waals surface area contributed by atoms with Crippen LogP contribution in [0, 0.1) is 13.8 Å². The number of aryl methyl sites for hydroxylation is 3. The number of carbonyl (C=O) groups excluding carboxylic acids is 2. The fourth-order valence-corrected chi connectivity index (χ4v) is 3.79. The summed E-state index contributed by atoms with van der Waals surface area (Å²) in [7, 11) is 0. The van der Waals surface area contributed by atoms with Gasteiger partial charge in [0.05, 0.1) is 6.61 Å². The van der Waals surface area contributed by atoms with Gasteiger partial charge >= 0.3 is 0 Å². The first kappa shape index (κ1) is 22.9. The lowest BCUT2D eigenvalue weighted by molar-refractivity contribution is -0.132. The van der Waals surface area contributed by atoms with E-state index in [0.29, 0.717) is 39.0 Å². The molecule has 166 valence electrons. The molecule has 1 aliphatic heterocycles. The summed E-state index contributed by atoms with van der Waals surface area (Å²) in [5.74, 6) is 1.11. The lowest BCUT2D eigenvalue weighted by Gasteiger charge is -2.32. The van der Waals surface area contributed by atoms with E-state index in [1.165, 1.54) is 16.7 Å². The van der Waals surface area contributed by atoms with Gasteiger partial charge in [-0.3, -0.25) is 9.59 Å². The molecule has 1 saturated heterocycles. The van der Waals surface area contributed by atoms with Crippen LogP contribution in [0.3, 0.4) is 0 Å². The van der Waals surface area contributed by atoms with Crippen molar-refractivity contribution >= 4 is 11.8 Å². The number of nitrogens with one attached hydrogen (secondary N) is 1. The Kier molecular flexibility index (Phi) is 8.51. The number of carbonyl (C=O) groups is 2. The lowest BCUT2D eigenvalue weighted by Crippen LogP contribution is -2.46. The number of nitrogens with zero attached hydrogens (tertiary/aromatic N) is 1. The minimum absolute atomic E-state index is 0.0663. The van der Waals surface area contributed by atoms with Gasteiger partial charge in [-0.25, -0.2) is 0 Å². The predicted octanol–water partition coefficient (Wildman–Crippen LogP) is 4.20. The highest BCUT2D eigenvalue weighted by Gasteiger charge is 2.23. The third-order valence-electron chi connectivity index (χ3n) is 5.80. The topological polar surface area (TPSA) is 58.6 Å². The van der Waals surface area contributed by atoms with Crippen molar-refractivity contribution in [2.45, 2.75) is 58.4 Å². The predicted molar refractivity (Wildman–Crippen MR) is 123 cm³/mol. The van der Waals surface area contributed by atoms with Crippen molar-refractivity contribution in [3.05, 3.63) is 65.2 Å². The fourth-order valence-electron chi connectivity index (χ4n) is 3.79. The molecule has 0 atom stereocenters. The average Bonchev–Trinajstić information content (AvgIpc) is 2.78. The van der Waals surface area contributed by atoms with Crippen molar-refractivity contribution in [1.29, 1.82) is 0 Å². The number of rotatable bonds is 9. The molecule has 1 N–H and O–H groups in total. The van der Waals surface area contributed by atoms with E-state index < -0.39 is 0 Å². The van der Waals surface area contributed by atoms with E-state index in [9.17, 15) is 9.59 Å². The first-order chi connectivity index (χ1) is 15.0. The molecule has 1 fully saturated rings. The minimum atomic E-state index is 0.0663. The Morgan fingerprint density at radius 3 is 2.19 bits per heavy atom. The molecule has 3 rings (SSSR count). The molecule has 0 bridgehead atoms. The van der Waals surface area contributed by atoms with Crippen LogP contribution < -0.4 is 10.1 Å². The van der Waals surface area contributed by atoms with Crippen LogP contribution in [0.4, 0.5) is 0 Å². The number of amides is 2. The molecule has 1 heterocycles. The van der Waals surface area contributed by atoms with Crippen LogP contribution in [0.25, 0.3) is 0 Å². The summed E-state index contributed by atoms with van der Waals surface area (Å²) in [5.41, 5.74) is 3.64. The van der Waals surface area contributed by atoms with E-state index in [0.717, 1.165) is 25.0 Å². The molecule has 0 unspecified atom stereocenters. The Balaban J connectivity index is 1.28. The van der Waals surface area contributed by atoms with Crippen LogP contribution in [0.1, 0.15) is 48.8 Å². The summed E-state index contributed by atoms with van der Waals surface area (Å²) < 4.78 is 5.68. The molecule has 0 saturated carbocycles. The Hall–Kier alpha value is -2.82. The van der Waals surface area contributed by atoms with Gasteiger partial charge in [0.25, 0.3) is 0 Å². The molecular weight excluding hydrogens is 388 g/mol. The lowest BCUT2D eigenvalue weighted by atomic mass is 10.0. The quantitative estimate of drug-likeness (QED) is 0.616. The Morgan fingerprint density at radius 1 is 0.935 bits per heavy atom. The maximum absolute atomic E-state index is 12.5. The molecular formula is C26H34N2O3. The molecule has 5 heteroatoms. The van der Waals surface area contributed by atoms with Gasteiger partial charge in [0.2, 0.25) is 11.8 Å². The number of benzene rings is 2. The summed E-state index contributed by atoms with van der Waals surface area (Å²) in [6.45, 7) is 6.07. The van der Waals surface area contributed by atoms with Crippen LogP contribution in [0.5, 0.6) is 5.75 Å². The number of hydrogen-bond donors (Lipinski definition) is 1. The molecule has 0 aromatic heterocycles. The highest BCUT2D eigenvalue weighted by atomic mass is 16.5. The van der Waals surface area contributed by atoms with Crippen LogP contribution in [0.15, 0.2) is 48.5 Å². The number of hydrogen-bond acceptors (Lipinski definition) is 3. The van der Waals surface area contributed by atoms with Crippen molar-refractivity contribution in [2.75, 3.05) is 19.7 Å². The zero-order valence-corrected chi connectivity index (χ0v) is 18.7. The smallest absolute Gasteiger partial charge is 0.222 e. The molecule has 0 aliphatic carbocycles. The zero-order valence-electron chi connectivity index (χ0n) is 18.7. The second kappa shape index (κ2) is 11.5. The van der Waals surface area contributed by atoms with Gasteiger partial charge in [0, 0.05) is 32.0 Å². The molecule has 1 aliphatic rings. The van der Waals surface area contributed by atoms with Crippen molar-refractivity contribution in [3.63, 3.8) is 0 Å². The van der Waals surface area contributed by atoms with Crippen molar-refractivity contribution in [1.82, 2.24) is 10.2 Å². The third-order valence-corrected chi connectivity index (χ3v) is 5.80. The van der Waals surface area contributed by atoms with E-state index in [2.05, 4.69) is 36.5 Å². The summed E-state index contributed by atoms with van der Waals surface area (Å²) in [6, 6.07) is 16.4. The van der Waals surface area contributed by atoms with Gasteiger partial charge in [-0.05, 0) is 57.2 Å². The number of piperidine rings is 1. The monoisotopic (exact) mass is 422 g/mol. The number of ether oxygens (including phenoxy) is 1. The fraction of sp³-hybridized carbons (Fsp3) is 0.462. The van der Waals surface area contributed by atoms with Gasteiger partial charge in [-0.1, -0.05) is 47.5 Å². The van der Waals surface area contributed by atoms with Crippen LogP contribution in [-0.2, 0) is 16.0 Å². The first-order valence-electron chi connectivity index (χ1n) is 11.3. The normalized spacial score (nSPS) is 14.3. The Labute approximate surface area is 185 Å². The van der Waals surface area contributed by atoms with E-state index in [-0.39, 0.29) is 17.9 Å². The SMILES string of the molecule is Cc1ccc(CCC(=O)N2CCC(NC(=O)CCCOc3ccc(C)cc3)CC2)cc1. The van der Waals surface area contributed by atoms with Crippen LogP contribution >= 0.6 is 0 Å². The van der Waals surface area contributed by atoms with Gasteiger partial charge in [0.15, 0.2) is 0 Å². The summed E-state index contributed by atoms with van der Waals surface area (Å²) in [5, 5.41) is 3.12. The highest BCUT2D eigenvalue weighted by molar-refractivity contribution is 5.77. The highest BCUT2D eigenvalue weighted by Crippen LogP contribution is 2.14. The Bertz CT molecular complexity index is 838. The third kappa shape index (κ3) is 7.74. The molecule has 2 aromatic rings. The molecule has 5 nitrogen and oxygen atoms in total. The average molecular weight is 423 g/mol. The van der Waals surface area contributed by atoms with E-state index >= 15 is 0 Å². The van der Waals surface area contributed by atoms with E-state index in [1.807, 2.05) is 36.1 Å². The van der Waals surface area contributed by atoms with Crippen molar-refractivity contribution in [3.8, 4) is 5.75 Å².